The minimum Gasteiger partial charge on any atom is -0.375 e. The average Bonchev–Trinajstić information content (AvgIpc) is 2.86. The smallest absolute Gasteiger partial charge is 0.0717 e. The SMILES string of the molecule is CCCCCCCCCCCCCCCCCC(COCc1ccccc1)NCCCCCC. The minimum absolute atomic E-state index is 0.507. The van der Waals surface area contributed by atoms with Crippen molar-refractivity contribution in [2.24, 2.45) is 0 Å². The zero-order valence-corrected chi connectivity index (χ0v) is 23.1. The lowest BCUT2D eigenvalue weighted by atomic mass is 10.0. The van der Waals surface area contributed by atoms with E-state index < -0.39 is 0 Å². The fourth-order valence-electron chi connectivity index (χ4n) is 4.76. The quantitative estimate of drug-likeness (QED) is 0.135. The molecule has 1 rings (SSSR count). The van der Waals surface area contributed by atoms with Gasteiger partial charge in [0, 0.05) is 6.04 Å². The first-order valence-electron chi connectivity index (χ1n) is 15.2. The van der Waals surface area contributed by atoms with Gasteiger partial charge in [-0.15, -0.1) is 0 Å². The Morgan fingerprint density at radius 3 is 1.59 bits per heavy atom. The Morgan fingerprint density at radius 2 is 1.06 bits per heavy atom. The molecule has 0 saturated heterocycles. The van der Waals surface area contributed by atoms with Crippen LogP contribution in [0.3, 0.4) is 0 Å². The summed E-state index contributed by atoms with van der Waals surface area (Å²) in [4.78, 5) is 0. The second-order valence-corrected chi connectivity index (χ2v) is 10.5. The summed E-state index contributed by atoms with van der Waals surface area (Å²) in [6.07, 6.45) is 28.0. The third-order valence-corrected chi connectivity index (χ3v) is 7.05. The highest BCUT2D eigenvalue weighted by Gasteiger charge is 2.08. The van der Waals surface area contributed by atoms with Gasteiger partial charge in [-0.3, -0.25) is 0 Å². The second kappa shape index (κ2) is 25.2. The molecule has 0 aliphatic rings. The summed E-state index contributed by atoms with van der Waals surface area (Å²) in [5.74, 6) is 0. The summed E-state index contributed by atoms with van der Waals surface area (Å²) in [5, 5.41) is 3.79. The van der Waals surface area contributed by atoms with Crippen LogP contribution in [0.4, 0.5) is 0 Å². The lowest BCUT2D eigenvalue weighted by Gasteiger charge is -2.19. The molecule has 1 N–H and O–H groups in total. The van der Waals surface area contributed by atoms with Gasteiger partial charge in [-0.2, -0.15) is 0 Å². The van der Waals surface area contributed by atoms with Gasteiger partial charge in [0.25, 0.3) is 0 Å². The maximum absolute atomic E-state index is 6.07. The Morgan fingerprint density at radius 1 is 0.588 bits per heavy atom. The molecule has 0 aliphatic heterocycles. The van der Waals surface area contributed by atoms with Crippen LogP contribution in [0.15, 0.2) is 30.3 Å². The third kappa shape index (κ3) is 20.5. The van der Waals surface area contributed by atoms with Crippen molar-refractivity contribution in [3.8, 4) is 0 Å². The number of hydrogen-bond acceptors (Lipinski definition) is 2. The summed E-state index contributed by atoms with van der Waals surface area (Å²) in [6.45, 7) is 7.28. The summed E-state index contributed by atoms with van der Waals surface area (Å²) in [5.41, 5.74) is 1.27. The predicted molar refractivity (Wildman–Crippen MR) is 152 cm³/mol. The van der Waals surface area contributed by atoms with Crippen LogP contribution in [0.1, 0.15) is 148 Å². The van der Waals surface area contributed by atoms with Crippen LogP contribution in [0.2, 0.25) is 0 Å². The van der Waals surface area contributed by atoms with E-state index in [0.717, 1.165) is 19.8 Å². The van der Waals surface area contributed by atoms with Gasteiger partial charge in [-0.05, 0) is 24.9 Å². The van der Waals surface area contributed by atoms with Gasteiger partial charge in [0.2, 0.25) is 0 Å². The Labute approximate surface area is 214 Å². The summed E-state index contributed by atoms with van der Waals surface area (Å²) < 4.78 is 6.07. The highest BCUT2D eigenvalue weighted by Crippen LogP contribution is 2.14. The zero-order chi connectivity index (χ0) is 24.4. The Hall–Kier alpha value is -0.860. The van der Waals surface area contributed by atoms with Crippen molar-refractivity contribution in [1.82, 2.24) is 5.32 Å². The topological polar surface area (TPSA) is 21.3 Å². The van der Waals surface area contributed by atoms with E-state index in [9.17, 15) is 0 Å². The van der Waals surface area contributed by atoms with E-state index in [4.69, 9.17) is 4.74 Å². The van der Waals surface area contributed by atoms with Crippen LogP contribution < -0.4 is 5.32 Å². The first kappa shape index (κ1) is 31.2. The molecular weight excluding hydrogens is 414 g/mol. The number of rotatable bonds is 26. The molecule has 2 heteroatoms. The monoisotopic (exact) mass is 473 g/mol. The normalized spacial score (nSPS) is 12.3. The maximum Gasteiger partial charge on any atom is 0.0717 e. The van der Waals surface area contributed by atoms with Crippen LogP contribution in [0.25, 0.3) is 0 Å². The molecule has 0 bridgehead atoms. The van der Waals surface area contributed by atoms with Gasteiger partial charge in [-0.1, -0.05) is 160 Å². The van der Waals surface area contributed by atoms with Crippen LogP contribution in [-0.2, 0) is 11.3 Å². The van der Waals surface area contributed by atoms with Crippen molar-refractivity contribution in [2.45, 2.75) is 155 Å². The number of unbranched alkanes of at least 4 members (excludes halogenated alkanes) is 17. The largest absolute Gasteiger partial charge is 0.375 e. The molecule has 1 aromatic rings. The number of hydrogen-bond donors (Lipinski definition) is 1. The van der Waals surface area contributed by atoms with E-state index in [1.807, 2.05) is 0 Å². The lowest BCUT2D eigenvalue weighted by Crippen LogP contribution is -2.34. The molecular formula is C32H59NO. The van der Waals surface area contributed by atoms with Gasteiger partial charge < -0.3 is 10.1 Å². The average molecular weight is 474 g/mol. The molecule has 2 nitrogen and oxygen atoms in total. The first-order chi connectivity index (χ1) is 16.9. The Bertz CT molecular complexity index is 503. The van der Waals surface area contributed by atoms with Crippen LogP contribution >= 0.6 is 0 Å². The molecule has 0 radical (unpaired) electrons. The molecule has 0 aliphatic carbocycles. The third-order valence-electron chi connectivity index (χ3n) is 7.05. The van der Waals surface area contributed by atoms with Crippen LogP contribution in [0.5, 0.6) is 0 Å². The fourth-order valence-corrected chi connectivity index (χ4v) is 4.76. The van der Waals surface area contributed by atoms with E-state index in [0.29, 0.717) is 6.04 Å². The van der Waals surface area contributed by atoms with Crippen molar-refractivity contribution in [3.05, 3.63) is 35.9 Å². The van der Waals surface area contributed by atoms with E-state index in [2.05, 4.69) is 49.5 Å². The molecule has 34 heavy (non-hydrogen) atoms. The van der Waals surface area contributed by atoms with Crippen LogP contribution in [0, 0.1) is 0 Å². The highest BCUT2D eigenvalue weighted by molar-refractivity contribution is 5.13. The van der Waals surface area contributed by atoms with Crippen molar-refractivity contribution in [3.63, 3.8) is 0 Å². The lowest BCUT2D eigenvalue weighted by molar-refractivity contribution is 0.0953. The van der Waals surface area contributed by atoms with Crippen molar-refractivity contribution in [1.29, 1.82) is 0 Å². The molecule has 0 fully saturated rings. The molecule has 0 aromatic heterocycles. The summed E-state index contributed by atoms with van der Waals surface area (Å²) in [6, 6.07) is 11.1. The second-order valence-electron chi connectivity index (χ2n) is 10.5. The first-order valence-corrected chi connectivity index (χ1v) is 15.2. The van der Waals surface area contributed by atoms with Crippen molar-refractivity contribution in [2.75, 3.05) is 13.2 Å². The van der Waals surface area contributed by atoms with Crippen molar-refractivity contribution < 1.29 is 4.74 Å². The van der Waals surface area contributed by atoms with Gasteiger partial charge in [0.1, 0.15) is 0 Å². The van der Waals surface area contributed by atoms with E-state index in [1.54, 1.807) is 0 Å². The maximum atomic E-state index is 6.07. The summed E-state index contributed by atoms with van der Waals surface area (Å²) >= 11 is 0. The molecule has 198 valence electrons. The van der Waals surface area contributed by atoms with E-state index >= 15 is 0 Å². The van der Waals surface area contributed by atoms with Gasteiger partial charge in [0.05, 0.1) is 13.2 Å². The van der Waals surface area contributed by atoms with Gasteiger partial charge in [0.15, 0.2) is 0 Å². The number of nitrogens with one attached hydrogen (secondary N) is 1. The fraction of sp³-hybridized carbons (Fsp3) is 0.812. The van der Waals surface area contributed by atoms with Gasteiger partial charge in [-0.25, -0.2) is 0 Å². The minimum atomic E-state index is 0.507. The number of ether oxygens (including phenoxy) is 1. The molecule has 0 spiro atoms. The molecule has 1 unspecified atom stereocenters. The van der Waals surface area contributed by atoms with Crippen molar-refractivity contribution >= 4 is 0 Å². The summed E-state index contributed by atoms with van der Waals surface area (Å²) in [7, 11) is 0. The number of benzene rings is 1. The van der Waals surface area contributed by atoms with E-state index in [-0.39, 0.29) is 0 Å². The molecule has 0 amide bonds. The predicted octanol–water partition coefficient (Wildman–Crippen LogP) is 10.0. The molecule has 1 aromatic carbocycles. The Balaban J connectivity index is 2.01. The van der Waals surface area contributed by atoms with Gasteiger partial charge >= 0.3 is 0 Å². The Kier molecular flexibility index (Phi) is 23.1. The molecule has 1 atom stereocenters. The molecule has 0 saturated carbocycles. The molecule has 0 heterocycles. The zero-order valence-electron chi connectivity index (χ0n) is 23.1. The standard InChI is InChI=1S/C32H59NO/c1-3-5-7-9-10-11-12-13-14-15-16-17-18-19-23-27-32(33-28-24-8-6-4-2)30-34-29-31-25-21-20-22-26-31/h20-22,25-26,32-33H,3-19,23-24,27-30H2,1-2H3. The van der Waals surface area contributed by atoms with E-state index in [1.165, 1.54) is 134 Å². The van der Waals surface area contributed by atoms with Crippen LogP contribution in [-0.4, -0.2) is 19.2 Å². The highest BCUT2D eigenvalue weighted by atomic mass is 16.5.